The van der Waals surface area contributed by atoms with Gasteiger partial charge < -0.3 is 5.73 Å². The van der Waals surface area contributed by atoms with Gasteiger partial charge in [-0.15, -0.1) is 11.8 Å². The van der Waals surface area contributed by atoms with Gasteiger partial charge in [-0.25, -0.2) is 4.98 Å². The summed E-state index contributed by atoms with van der Waals surface area (Å²) in [6.45, 7) is 0. The Hall–Kier alpha value is -0.700. The lowest BCUT2D eigenvalue weighted by Crippen LogP contribution is -1.92. The number of rotatable bonds is 4. The highest BCUT2D eigenvalue weighted by atomic mass is 32.2. The van der Waals surface area contributed by atoms with Crippen LogP contribution < -0.4 is 5.73 Å². The first-order valence-corrected chi connectivity index (χ1v) is 5.68. The zero-order valence-corrected chi connectivity index (χ0v) is 8.39. The first kappa shape index (κ1) is 8.88. The van der Waals surface area contributed by atoms with Crippen LogP contribution in [0.2, 0.25) is 0 Å². The Morgan fingerprint density at radius 1 is 1.54 bits per heavy atom. The van der Waals surface area contributed by atoms with E-state index in [0.29, 0.717) is 0 Å². The SMILES string of the molecule is Nc1cccnc1SCCC1CC1. The minimum Gasteiger partial charge on any atom is -0.397 e. The molecule has 1 aromatic heterocycles. The number of hydrogen-bond acceptors (Lipinski definition) is 3. The van der Waals surface area contributed by atoms with Crippen molar-refractivity contribution in [3.05, 3.63) is 18.3 Å². The van der Waals surface area contributed by atoms with Gasteiger partial charge in [0.05, 0.1) is 5.69 Å². The Morgan fingerprint density at radius 2 is 2.38 bits per heavy atom. The van der Waals surface area contributed by atoms with Crippen molar-refractivity contribution in [2.75, 3.05) is 11.5 Å². The monoisotopic (exact) mass is 194 g/mol. The Kier molecular flexibility index (Phi) is 2.74. The van der Waals surface area contributed by atoms with E-state index in [1.165, 1.54) is 19.3 Å². The molecule has 0 unspecified atom stereocenters. The third kappa shape index (κ3) is 2.62. The van der Waals surface area contributed by atoms with E-state index in [4.69, 9.17) is 5.73 Å². The highest BCUT2D eigenvalue weighted by molar-refractivity contribution is 7.99. The highest BCUT2D eigenvalue weighted by Crippen LogP contribution is 2.34. The lowest BCUT2D eigenvalue weighted by Gasteiger charge is -2.02. The van der Waals surface area contributed by atoms with Crippen LogP contribution >= 0.6 is 11.8 Å². The van der Waals surface area contributed by atoms with Crippen LogP contribution in [0.15, 0.2) is 23.4 Å². The second-order valence-corrected chi connectivity index (χ2v) is 4.56. The summed E-state index contributed by atoms with van der Waals surface area (Å²) in [7, 11) is 0. The molecule has 2 N–H and O–H groups in total. The number of hydrogen-bond donors (Lipinski definition) is 1. The molecule has 0 aliphatic heterocycles. The molecule has 1 aliphatic carbocycles. The zero-order chi connectivity index (χ0) is 9.10. The minimum absolute atomic E-state index is 0.809. The first-order chi connectivity index (χ1) is 6.36. The fourth-order valence-electron chi connectivity index (χ4n) is 1.25. The Bertz CT molecular complexity index is 284. The van der Waals surface area contributed by atoms with Gasteiger partial charge in [0.2, 0.25) is 0 Å². The van der Waals surface area contributed by atoms with E-state index in [-0.39, 0.29) is 0 Å². The summed E-state index contributed by atoms with van der Waals surface area (Å²) in [6.07, 6.45) is 5.98. The molecule has 13 heavy (non-hydrogen) atoms. The fraction of sp³-hybridized carbons (Fsp3) is 0.500. The Labute approximate surface area is 82.9 Å². The summed E-state index contributed by atoms with van der Waals surface area (Å²) >= 11 is 1.78. The molecule has 0 bridgehead atoms. The summed E-state index contributed by atoms with van der Waals surface area (Å²) < 4.78 is 0. The molecule has 0 spiro atoms. The molecule has 0 aromatic carbocycles. The van der Waals surface area contributed by atoms with Gasteiger partial charge in [-0.3, -0.25) is 0 Å². The van der Waals surface area contributed by atoms with Crippen LogP contribution in [0.1, 0.15) is 19.3 Å². The number of pyridine rings is 1. The predicted octanol–water partition coefficient (Wildman–Crippen LogP) is 2.56. The summed E-state index contributed by atoms with van der Waals surface area (Å²) in [5, 5.41) is 0.989. The topological polar surface area (TPSA) is 38.9 Å². The maximum absolute atomic E-state index is 5.77. The molecule has 1 heterocycles. The molecule has 2 nitrogen and oxygen atoms in total. The molecule has 2 rings (SSSR count). The van der Waals surface area contributed by atoms with E-state index in [1.807, 2.05) is 12.1 Å². The second kappa shape index (κ2) is 4.01. The minimum atomic E-state index is 0.809. The number of anilines is 1. The molecule has 0 saturated heterocycles. The van der Waals surface area contributed by atoms with Crippen molar-refractivity contribution in [1.29, 1.82) is 0 Å². The molecule has 1 saturated carbocycles. The molecule has 0 radical (unpaired) electrons. The number of aromatic nitrogens is 1. The maximum atomic E-state index is 5.77. The van der Waals surface area contributed by atoms with Gasteiger partial charge in [-0.2, -0.15) is 0 Å². The molecule has 1 fully saturated rings. The number of nitrogen functional groups attached to an aromatic ring is 1. The van der Waals surface area contributed by atoms with Crippen molar-refractivity contribution < 1.29 is 0 Å². The van der Waals surface area contributed by atoms with Crippen LogP contribution in [-0.2, 0) is 0 Å². The number of nitrogens with two attached hydrogens (primary N) is 1. The molecule has 1 aliphatic rings. The van der Waals surface area contributed by atoms with Gasteiger partial charge in [0.25, 0.3) is 0 Å². The summed E-state index contributed by atoms with van der Waals surface area (Å²) in [6, 6.07) is 3.78. The van der Waals surface area contributed by atoms with E-state index in [1.54, 1.807) is 18.0 Å². The van der Waals surface area contributed by atoms with E-state index in [9.17, 15) is 0 Å². The normalized spacial score (nSPS) is 16.0. The van der Waals surface area contributed by atoms with Crippen molar-refractivity contribution in [2.24, 2.45) is 5.92 Å². The maximum Gasteiger partial charge on any atom is 0.119 e. The molecular weight excluding hydrogens is 180 g/mol. The average molecular weight is 194 g/mol. The lowest BCUT2D eigenvalue weighted by molar-refractivity contribution is 0.808. The standard InChI is InChI=1S/C10H14N2S/c11-9-2-1-6-12-10(9)13-7-5-8-3-4-8/h1-2,6,8H,3-5,7,11H2. The van der Waals surface area contributed by atoms with Gasteiger partial charge in [-0.1, -0.05) is 12.8 Å². The summed E-state index contributed by atoms with van der Waals surface area (Å²) in [5.74, 6) is 2.16. The quantitative estimate of drug-likeness (QED) is 0.749. The molecule has 1 aromatic rings. The largest absolute Gasteiger partial charge is 0.397 e. The van der Waals surface area contributed by atoms with Crippen LogP contribution in [0.3, 0.4) is 0 Å². The molecule has 3 heteroatoms. The van der Waals surface area contributed by atoms with E-state index in [0.717, 1.165) is 22.4 Å². The van der Waals surface area contributed by atoms with Crippen molar-refractivity contribution in [2.45, 2.75) is 24.3 Å². The van der Waals surface area contributed by atoms with E-state index >= 15 is 0 Å². The van der Waals surface area contributed by atoms with Crippen LogP contribution in [-0.4, -0.2) is 10.7 Å². The van der Waals surface area contributed by atoms with Crippen LogP contribution in [0.4, 0.5) is 5.69 Å². The van der Waals surface area contributed by atoms with E-state index in [2.05, 4.69) is 4.98 Å². The molecular formula is C10H14N2S. The van der Waals surface area contributed by atoms with Crippen LogP contribution in [0, 0.1) is 5.92 Å². The second-order valence-electron chi connectivity index (χ2n) is 3.48. The van der Waals surface area contributed by atoms with Crippen LogP contribution in [0.5, 0.6) is 0 Å². The van der Waals surface area contributed by atoms with Gasteiger partial charge in [0, 0.05) is 6.20 Å². The van der Waals surface area contributed by atoms with Crippen molar-refractivity contribution >= 4 is 17.4 Å². The fourth-order valence-corrected chi connectivity index (χ4v) is 2.27. The zero-order valence-electron chi connectivity index (χ0n) is 7.57. The van der Waals surface area contributed by atoms with Crippen molar-refractivity contribution in [1.82, 2.24) is 4.98 Å². The lowest BCUT2D eigenvalue weighted by atomic mass is 10.3. The Morgan fingerprint density at radius 3 is 3.08 bits per heavy atom. The molecule has 70 valence electrons. The number of thioether (sulfide) groups is 1. The van der Waals surface area contributed by atoms with Crippen molar-refractivity contribution in [3.63, 3.8) is 0 Å². The molecule has 0 amide bonds. The summed E-state index contributed by atoms with van der Waals surface area (Å²) in [5.41, 5.74) is 6.58. The van der Waals surface area contributed by atoms with Crippen LogP contribution in [0.25, 0.3) is 0 Å². The smallest absolute Gasteiger partial charge is 0.119 e. The first-order valence-electron chi connectivity index (χ1n) is 4.69. The highest BCUT2D eigenvalue weighted by Gasteiger charge is 2.20. The molecule has 0 atom stereocenters. The van der Waals surface area contributed by atoms with Gasteiger partial charge in [0.15, 0.2) is 0 Å². The number of nitrogens with zero attached hydrogens (tertiary/aromatic N) is 1. The Balaban J connectivity index is 1.82. The average Bonchev–Trinajstić information content (AvgIpc) is 2.92. The third-order valence-electron chi connectivity index (χ3n) is 2.26. The summed E-state index contributed by atoms with van der Waals surface area (Å²) in [4.78, 5) is 4.23. The van der Waals surface area contributed by atoms with Gasteiger partial charge >= 0.3 is 0 Å². The van der Waals surface area contributed by atoms with Gasteiger partial charge in [0.1, 0.15) is 5.03 Å². The van der Waals surface area contributed by atoms with Crippen molar-refractivity contribution in [3.8, 4) is 0 Å². The third-order valence-corrected chi connectivity index (χ3v) is 3.32. The predicted molar refractivity (Wildman–Crippen MR) is 56.7 cm³/mol. The van der Waals surface area contributed by atoms with E-state index < -0.39 is 0 Å². The van der Waals surface area contributed by atoms with Gasteiger partial charge in [-0.05, 0) is 30.2 Å².